The zero-order chi connectivity index (χ0) is 15.4. The highest BCUT2D eigenvalue weighted by Gasteiger charge is 2.20. The summed E-state index contributed by atoms with van der Waals surface area (Å²) in [5.41, 5.74) is 9.43. The second-order valence-electron chi connectivity index (χ2n) is 6.34. The molecule has 0 spiro atoms. The molecule has 1 aromatic carbocycles. The number of aromatic nitrogens is 2. The number of hydrogen-bond acceptors (Lipinski definition) is 3. The van der Waals surface area contributed by atoms with Gasteiger partial charge in [0.2, 0.25) is 0 Å². The van der Waals surface area contributed by atoms with E-state index >= 15 is 0 Å². The number of aryl methyl sites for hydroxylation is 1. The summed E-state index contributed by atoms with van der Waals surface area (Å²) in [5, 5.41) is 4.54. The molecule has 4 nitrogen and oxygen atoms in total. The minimum atomic E-state index is 0. The Morgan fingerprint density at radius 1 is 1.26 bits per heavy atom. The van der Waals surface area contributed by atoms with Gasteiger partial charge in [-0.2, -0.15) is 5.10 Å². The minimum absolute atomic E-state index is 0. The standard InChI is InChI=1S/C18H26N4.ClH/c1-15-5-2-3-7-18(15)22-17(9-11-20-22)14-21-12-4-6-16(13-21)8-10-19;/h2-3,5,7,9,11,16H,4,6,8,10,12-14,19H2,1H3;1H. The van der Waals surface area contributed by atoms with E-state index in [1.165, 1.54) is 36.3 Å². The molecule has 1 aliphatic rings. The Bertz CT molecular complexity index is 609. The van der Waals surface area contributed by atoms with Gasteiger partial charge in [-0.3, -0.25) is 4.90 Å². The van der Waals surface area contributed by atoms with E-state index in [0.29, 0.717) is 0 Å². The lowest BCUT2D eigenvalue weighted by molar-refractivity contribution is 0.160. The summed E-state index contributed by atoms with van der Waals surface area (Å²) in [7, 11) is 0. The average Bonchev–Trinajstić information content (AvgIpc) is 2.96. The van der Waals surface area contributed by atoms with Crippen LogP contribution >= 0.6 is 12.4 Å². The zero-order valence-corrected chi connectivity index (χ0v) is 14.6. The molecule has 1 unspecified atom stereocenters. The molecule has 0 aliphatic carbocycles. The van der Waals surface area contributed by atoms with Crippen molar-refractivity contribution in [2.45, 2.75) is 32.7 Å². The molecule has 1 atom stereocenters. The lowest BCUT2D eigenvalue weighted by Crippen LogP contribution is -2.36. The molecule has 1 fully saturated rings. The van der Waals surface area contributed by atoms with Crippen LogP contribution in [0.1, 0.15) is 30.5 Å². The van der Waals surface area contributed by atoms with E-state index in [2.05, 4.69) is 51.9 Å². The fraction of sp³-hybridized carbons (Fsp3) is 0.500. The first-order chi connectivity index (χ1) is 10.8. The van der Waals surface area contributed by atoms with Gasteiger partial charge in [0, 0.05) is 19.3 Å². The summed E-state index contributed by atoms with van der Waals surface area (Å²) in [6.07, 6.45) is 5.66. The quantitative estimate of drug-likeness (QED) is 0.913. The van der Waals surface area contributed by atoms with Crippen molar-refractivity contribution in [3.05, 3.63) is 47.8 Å². The van der Waals surface area contributed by atoms with E-state index in [9.17, 15) is 0 Å². The maximum absolute atomic E-state index is 5.72. The summed E-state index contributed by atoms with van der Waals surface area (Å²) >= 11 is 0. The second-order valence-corrected chi connectivity index (χ2v) is 6.34. The third-order valence-electron chi connectivity index (χ3n) is 4.63. The molecule has 2 aromatic rings. The van der Waals surface area contributed by atoms with Crippen molar-refractivity contribution < 1.29 is 0 Å². The first-order valence-electron chi connectivity index (χ1n) is 8.29. The molecule has 0 amide bonds. The fourth-order valence-electron chi connectivity index (χ4n) is 3.46. The molecule has 0 saturated carbocycles. The molecule has 2 heterocycles. The van der Waals surface area contributed by atoms with Crippen molar-refractivity contribution in [1.82, 2.24) is 14.7 Å². The number of halogens is 1. The van der Waals surface area contributed by atoms with Gasteiger partial charge in [0.25, 0.3) is 0 Å². The van der Waals surface area contributed by atoms with Crippen LogP contribution in [0, 0.1) is 12.8 Å². The van der Waals surface area contributed by atoms with Crippen LogP contribution in [-0.4, -0.2) is 34.3 Å². The summed E-state index contributed by atoms with van der Waals surface area (Å²) < 4.78 is 2.09. The highest BCUT2D eigenvalue weighted by atomic mass is 35.5. The van der Waals surface area contributed by atoms with Crippen molar-refractivity contribution in [2.24, 2.45) is 11.7 Å². The molecule has 3 rings (SSSR count). The fourth-order valence-corrected chi connectivity index (χ4v) is 3.46. The highest BCUT2D eigenvalue weighted by Crippen LogP contribution is 2.22. The van der Waals surface area contributed by atoms with Gasteiger partial charge in [-0.05, 0) is 62.9 Å². The molecule has 0 bridgehead atoms. The Morgan fingerprint density at radius 3 is 2.87 bits per heavy atom. The smallest absolute Gasteiger partial charge is 0.0678 e. The number of piperidine rings is 1. The maximum atomic E-state index is 5.72. The molecule has 1 saturated heterocycles. The maximum Gasteiger partial charge on any atom is 0.0678 e. The van der Waals surface area contributed by atoms with Crippen molar-refractivity contribution in [3.8, 4) is 5.69 Å². The molecular formula is C18H27ClN4. The minimum Gasteiger partial charge on any atom is -0.330 e. The monoisotopic (exact) mass is 334 g/mol. The third-order valence-corrected chi connectivity index (χ3v) is 4.63. The first-order valence-corrected chi connectivity index (χ1v) is 8.29. The van der Waals surface area contributed by atoms with Gasteiger partial charge in [0.15, 0.2) is 0 Å². The normalized spacial score (nSPS) is 18.6. The number of hydrogen-bond donors (Lipinski definition) is 1. The predicted molar refractivity (Wildman–Crippen MR) is 97.2 cm³/mol. The number of para-hydroxylation sites is 1. The molecule has 0 radical (unpaired) electrons. The SMILES string of the molecule is Cc1ccccc1-n1nccc1CN1CCCC(CCN)C1.Cl. The summed E-state index contributed by atoms with van der Waals surface area (Å²) in [6, 6.07) is 10.6. The van der Waals surface area contributed by atoms with E-state index in [-0.39, 0.29) is 12.4 Å². The Kier molecular flexibility index (Phi) is 6.63. The van der Waals surface area contributed by atoms with Gasteiger partial charge < -0.3 is 5.73 Å². The van der Waals surface area contributed by atoms with Crippen LogP contribution < -0.4 is 5.73 Å². The van der Waals surface area contributed by atoms with E-state index < -0.39 is 0 Å². The predicted octanol–water partition coefficient (Wildman–Crippen LogP) is 3.16. The van der Waals surface area contributed by atoms with Gasteiger partial charge >= 0.3 is 0 Å². The molecule has 23 heavy (non-hydrogen) atoms. The average molecular weight is 335 g/mol. The van der Waals surface area contributed by atoms with Crippen LogP contribution in [0.5, 0.6) is 0 Å². The number of nitrogens with two attached hydrogens (primary N) is 1. The van der Waals surface area contributed by atoms with Crippen molar-refractivity contribution in [2.75, 3.05) is 19.6 Å². The van der Waals surface area contributed by atoms with Crippen molar-refractivity contribution in [1.29, 1.82) is 0 Å². The van der Waals surface area contributed by atoms with Crippen molar-refractivity contribution in [3.63, 3.8) is 0 Å². The summed E-state index contributed by atoms with van der Waals surface area (Å²) in [5.74, 6) is 0.758. The Hall–Kier alpha value is -1.36. The summed E-state index contributed by atoms with van der Waals surface area (Å²) in [6.45, 7) is 6.25. The molecule has 1 aromatic heterocycles. The van der Waals surface area contributed by atoms with Crippen LogP contribution in [0.3, 0.4) is 0 Å². The molecule has 5 heteroatoms. The van der Waals surface area contributed by atoms with Gasteiger partial charge in [0.1, 0.15) is 0 Å². The van der Waals surface area contributed by atoms with E-state index in [0.717, 1.165) is 32.0 Å². The van der Waals surface area contributed by atoms with Gasteiger partial charge in [-0.25, -0.2) is 4.68 Å². The van der Waals surface area contributed by atoms with Crippen LogP contribution in [0.4, 0.5) is 0 Å². The molecule has 126 valence electrons. The highest BCUT2D eigenvalue weighted by molar-refractivity contribution is 5.85. The lowest BCUT2D eigenvalue weighted by Gasteiger charge is -2.32. The van der Waals surface area contributed by atoms with Crippen LogP contribution in [0.15, 0.2) is 36.5 Å². The first kappa shape index (κ1) is 18.0. The third kappa shape index (κ3) is 4.34. The zero-order valence-electron chi connectivity index (χ0n) is 13.8. The second kappa shape index (κ2) is 8.48. The number of rotatable bonds is 5. The van der Waals surface area contributed by atoms with E-state index in [1.807, 2.05) is 6.20 Å². The Morgan fingerprint density at radius 2 is 2.09 bits per heavy atom. The van der Waals surface area contributed by atoms with Crippen LogP contribution in [-0.2, 0) is 6.54 Å². The van der Waals surface area contributed by atoms with Gasteiger partial charge in [-0.15, -0.1) is 12.4 Å². The van der Waals surface area contributed by atoms with E-state index in [1.54, 1.807) is 0 Å². The number of likely N-dealkylation sites (tertiary alicyclic amines) is 1. The van der Waals surface area contributed by atoms with E-state index in [4.69, 9.17) is 5.73 Å². The molecule has 1 aliphatic heterocycles. The topological polar surface area (TPSA) is 47.1 Å². The summed E-state index contributed by atoms with van der Waals surface area (Å²) in [4.78, 5) is 2.55. The van der Waals surface area contributed by atoms with Gasteiger partial charge in [0.05, 0.1) is 11.4 Å². The van der Waals surface area contributed by atoms with Crippen LogP contribution in [0.25, 0.3) is 5.69 Å². The lowest BCUT2D eigenvalue weighted by atomic mass is 9.95. The number of benzene rings is 1. The molecular weight excluding hydrogens is 308 g/mol. The Labute approximate surface area is 145 Å². The molecule has 2 N–H and O–H groups in total. The Balaban J connectivity index is 0.00000192. The van der Waals surface area contributed by atoms with Crippen molar-refractivity contribution >= 4 is 12.4 Å². The van der Waals surface area contributed by atoms with Crippen LogP contribution in [0.2, 0.25) is 0 Å². The largest absolute Gasteiger partial charge is 0.330 e. The van der Waals surface area contributed by atoms with Gasteiger partial charge in [-0.1, -0.05) is 18.2 Å². The number of nitrogens with zero attached hydrogens (tertiary/aromatic N) is 3.